The van der Waals surface area contributed by atoms with Crippen LogP contribution in [0.5, 0.6) is 11.8 Å². The van der Waals surface area contributed by atoms with E-state index in [-0.39, 0.29) is 6.01 Å². The minimum absolute atomic E-state index is 0.102. The second-order valence-electron chi connectivity index (χ2n) is 8.38. The second kappa shape index (κ2) is 9.48. The van der Waals surface area contributed by atoms with E-state index >= 15 is 0 Å². The second-order valence-corrected chi connectivity index (χ2v) is 8.38. The molecule has 1 fully saturated rings. The summed E-state index contributed by atoms with van der Waals surface area (Å²) < 4.78 is 11.3. The van der Waals surface area contributed by atoms with Gasteiger partial charge in [0, 0.05) is 37.9 Å². The predicted molar refractivity (Wildman–Crippen MR) is 131 cm³/mol. The van der Waals surface area contributed by atoms with Gasteiger partial charge in [-0.05, 0) is 38.1 Å². The molecule has 0 radical (unpaired) electrons. The fourth-order valence-electron chi connectivity index (χ4n) is 3.94. The number of hydrogen-bond donors (Lipinski definition) is 1. The minimum atomic E-state index is -0.504. The Labute approximate surface area is 197 Å². The molecule has 0 spiro atoms. The van der Waals surface area contributed by atoms with Gasteiger partial charge >= 0.3 is 11.6 Å². The molecule has 1 aliphatic heterocycles. The first-order valence-corrected chi connectivity index (χ1v) is 11.3. The highest BCUT2D eigenvalue weighted by molar-refractivity contribution is 5.83. The van der Waals surface area contributed by atoms with Crippen LogP contribution in [0, 0.1) is 0 Å². The Balaban J connectivity index is 1.50. The maximum absolute atomic E-state index is 12.1. The molecule has 0 amide bonds. The number of aromatic nitrogens is 3. The zero-order chi connectivity index (χ0) is 23.5. The number of nitrogens with one attached hydrogen (secondary N) is 1. The Kier molecular flexibility index (Phi) is 6.09. The first-order chi connectivity index (χ1) is 16.5. The third kappa shape index (κ3) is 4.84. The van der Waals surface area contributed by atoms with Gasteiger partial charge in [-0.2, -0.15) is 15.0 Å². The molecule has 0 saturated carbocycles. The first-order valence-electron chi connectivity index (χ1n) is 11.3. The van der Waals surface area contributed by atoms with E-state index in [2.05, 4.69) is 43.9 Å². The van der Waals surface area contributed by atoms with Crippen molar-refractivity contribution in [3.8, 4) is 11.8 Å². The van der Waals surface area contributed by atoms with Gasteiger partial charge in [-0.3, -0.25) is 4.90 Å². The lowest BCUT2D eigenvalue weighted by atomic mass is 10.2. The molecule has 34 heavy (non-hydrogen) atoms. The van der Waals surface area contributed by atoms with Gasteiger partial charge in [-0.1, -0.05) is 30.3 Å². The summed E-state index contributed by atoms with van der Waals surface area (Å²) in [6, 6.07) is 18.8. The summed E-state index contributed by atoms with van der Waals surface area (Å²) in [5.41, 5.74) is 0.781. The molecule has 9 nitrogen and oxygen atoms in total. The van der Waals surface area contributed by atoms with Gasteiger partial charge in [0.2, 0.25) is 11.9 Å². The number of anilines is 3. The Bertz CT molecular complexity index is 1330. The zero-order valence-corrected chi connectivity index (χ0v) is 19.1. The van der Waals surface area contributed by atoms with Gasteiger partial charge in [-0.15, -0.1) is 0 Å². The molecule has 1 saturated heterocycles. The molecule has 5 rings (SSSR count). The van der Waals surface area contributed by atoms with Crippen molar-refractivity contribution in [1.29, 1.82) is 0 Å². The average molecular weight is 459 g/mol. The SMILES string of the molecule is CC(C)N1CCN(c2nc(Nc3ccccc3)nc(Oc3cc(=O)oc4ccccc34)n2)CC1. The lowest BCUT2D eigenvalue weighted by molar-refractivity contribution is 0.208. The minimum Gasteiger partial charge on any atom is -0.423 e. The van der Waals surface area contributed by atoms with Crippen molar-refractivity contribution in [1.82, 2.24) is 19.9 Å². The number of para-hydroxylation sites is 2. The number of benzene rings is 2. The van der Waals surface area contributed by atoms with Crippen molar-refractivity contribution in [2.75, 3.05) is 36.4 Å². The number of ether oxygens (including phenoxy) is 1. The average Bonchev–Trinajstić information content (AvgIpc) is 2.84. The molecule has 9 heteroatoms. The van der Waals surface area contributed by atoms with Crippen LogP contribution < -0.4 is 20.6 Å². The predicted octanol–water partition coefficient (Wildman–Crippen LogP) is 4.04. The van der Waals surface area contributed by atoms with Crippen molar-refractivity contribution in [3.63, 3.8) is 0 Å². The standard InChI is InChI=1S/C25H26N6O3/c1-17(2)30-12-14-31(15-13-30)24-27-23(26-18-8-4-3-5-9-18)28-25(29-24)34-21-16-22(32)33-20-11-7-6-10-19(20)21/h3-11,16-17H,12-15H2,1-2H3,(H,26,27,28,29). The first kappa shape index (κ1) is 21.8. The molecule has 1 N–H and O–H groups in total. The molecule has 0 bridgehead atoms. The molecular formula is C25H26N6O3. The summed E-state index contributed by atoms with van der Waals surface area (Å²) in [5, 5.41) is 3.89. The van der Waals surface area contributed by atoms with Gasteiger partial charge in [0.05, 0.1) is 11.5 Å². The van der Waals surface area contributed by atoms with E-state index in [0.29, 0.717) is 34.7 Å². The molecule has 1 aliphatic rings. The lowest BCUT2D eigenvalue weighted by Gasteiger charge is -2.36. The molecule has 0 aliphatic carbocycles. The van der Waals surface area contributed by atoms with Crippen LogP contribution >= 0.6 is 0 Å². The van der Waals surface area contributed by atoms with Gasteiger partial charge < -0.3 is 19.4 Å². The summed E-state index contributed by atoms with van der Waals surface area (Å²) in [4.78, 5) is 30.3. The smallest absolute Gasteiger partial charge is 0.339 e. The summed E-state index contributed by atoms with van der Waals surface area (Å²) in [6.07, 6.45) is 0. The summed E-state index contributed by atoms with van der Waals surface area (Å²) in [7, 11) is 0. The van der Waals surface area contributed by atoms with Gasteiger partial charge in [-0.25, -0.2) is 4.79 Å². The van der Waals surface area contributed by atoms with E-state index in [4.69, 9.17) is 9.15 Å². The van der Waals surface area contributed by atoms with Crippen LogP contribution in [0.15, 0.2) is 69.9 Å². The van der Waals surface area contributed by atoms with Crippen molar-refractivity contribution >= 4 is 28.6 Å². The lowest BCUT2D eigenvalue weighted by Crippen LogP contribution is -2.49. The molecule has 0 unspecified atom stereocenters. The fourth-order valence-corrected chi connectivity index (χ4v) is 3.94. The summed E-state index contributed by atoms with van der Waals surface area (Å²) >= 11 is 0. The van der Waals surface area contributed by atoms with Crippen LogP contribution in [0.3, 0.4) is 0 Å². The number of nitrogens with zero attached hydrogens (tertiary/aromatic N) is 5. The molecule has 3 heterocycles. The van der Waals surface area contributed by atoms with Crippen LogP contribution in [0.2, 0.25) is 0 Å². The fraction of sp³-hybridized carbons (Fsp3) is 0.280. The highest BCUT2D eigenvalue weighted by Gasteiger charge is 2.22. The molecule has 2 aromatic heterocycles. The number of fused-ring (bicyclic) bond motifs is 1. The van der Waals surface area contributed by atoms with Crippen LogP contribution in [0.1, 0.15) is 13.8 Å². The van der Waals surface area contributed by atoms with E-state index in [1.54, 1.807) is 12.1 Å². The highest BCUT2D eigenvalue weighted by atomic mass is 16.5. The van der Waals surface area contributed by atoms with Crippen molar-refractivity contribution in [2.45, 2.75) is 19.9 Å². The van der Waals surface area contributed by atoms with E-state index in [1.807, 2.05) is 42.5 Å². The number of hydrogen-bond acceptors (Lipinski definition) is 9. The molecule has 0 atom stereocenters. The zero-order valence-electron chi connectivity index (χ0n) is 19.1. The van der Waals surface area contributed by atoms with Crippen LogP contribution in [0.4, 0.5) is 17.6 Å². The van der Waals surface area contributed by atoms with Gasteiger partial charge in [0.25, 0.3) is 0 Å². The van der Waals surface area contributed by atoms with Crippen molar-refractivity contribution in [2.24, 2.45) is 0 Å². The van der Waals surface area contributed by atoms with E-state index in [0.717, 1.165) is 31.9 Å². The van der Waals surface area contributed by atoms with Gasteiger partial charge in [0.15, 0.2) is 0 Å². The van der Waals surface area contributed by atoms with Crippen LogP contribution in [-0.2, 0) is 0 Å². The third-order valence-electron chi connectivity index (χ3n) is 5.77. The molecule has 4 aromatic rings. The molecular weight excluding hydrogens is 432 g/mol. The number of rotatable bonds is 6. The summed E-state index contributed by atoms with van der Waals surface area (Å²) in [6.45, 7) is 7.84. The Morgan fingerprint density at radius 2 is 1.68 bits per heavy atom. The van der Waals surface area contributed by atoms with E-state index in [9.17, 15) is 4.79 Å². The van der Waals surface area contributed by atoms with Crippen LogP contribution in [-0.4, -0.2) is 52.1 Å². The van der Waals surface area contributed by atoms with E-state index in [1.165, 1.54) is 6.07 Å². The van der Waals surface area contributed by atoms with Crippen molar-refractivity contribution in [3.05, 3.63) is 71.1 Å². The topological polar surface area (TPSA) is 96.6 Å². The third-order valence-corrected chi connectivity index (χ3v) is 5.77. The monoisotopic (exact) mass is 458 g/mol. The molecule has 174 valence electrons. The summed E-state index contributed by atoms with van der Waals surface area (Å²) in [5.74, 6) is 1.23. The van der Waals surface area contributed by atoms with E-state index < -0.39 is 5.63 Å². The Hall–Kier alpha value is -3.98. The Morgan fingerprint density at radius 1 is 0.941 bits per heavy atom. The highest BCUT2D eigenvalue weighted by Crippen LogP contribution is 2.28. The Morgan fingerprint density at radius 3 is 2.44 bits per heavy atom. The van der Waals surface area contributed by atoms with Gasteiger partial charge in [0.1, 0.15) is 11.3 Å². The number of piperazine rings is 1. The normalized spacial score (nSPS) is 14.5. The molecule has 2 aromatic carbocycles. The maximum atomic E-state index is 12.1. The maximum Gasteiger partial charge on any atom is 0.339 e. The largest absolute Gasteiger partial charge is 0.423 e. The van der Waals surface area contributed by atoms with Crippen LogP contribution in [0.25, 0.3) is 11.0 Å². The quantitative estimate of drug-likeness (QED) is 0.429. The van der Waals surface area contributed by atoms with Crippen molar-refractivity contribution < 1.29 is 9.15 Å².